The molecule has 96 valence electrons. The van der Waals surface area contributed by atoms with Crippen LogP contribution in [-0.2, 0) is 0 Å². The predicted molar refractivity (Wildman–Crippen MR) is 78.1 cm³/mol. The highest BCUT2D eigenvalue weighted by Crippen LogP contribution is 2.51. The fourth-order valence-electron chi connectivity index (χ4n) is 2.95. The van der Waals surface area contributed by atoms with Crippen molar-refractivity contribution in [2.24, 2.45) is 10.8 Å². The summed E-state index contributed by atoms with van der Waals surface area (Å²) in [5, 5.41) is 1.54. The van der Waals surface area contributed by atoms with Crippen molar-refractivity contribution < 1.29 is 0 Å². The van der Waals surface area contributed by atoms with E-state index in [0.717, 1.165) is 15.6 Å². The lowest BCUT2D eigenvalue weighted by atomic mass is 9.63. The zero-order chi connectivity index (χ0) is 13.4. The molecule has 0 aromatic heterocycles. The Balaban J connectivity index is 3.44. The second-order valence-corrected chi connectivity index (χ2v) is 7.61. The Morgan fingerprint density at radius 3 is 1.47 bits per heavy atom. The second-order valence-electron chi connectivity index (χ2n) is 6.80. The Bertz CT molecular complexity index is 360. The summed E-state index contributed by atoms with van der Waals surface area (Å²) in [6, 6.07) is 5.75. The first-order valence-electron chi connectivity index (χ1n) is 5.99. The molecule has 0 amide bonds. The van der Waals surface area contributed by atoms with Crippen LogP contribution in [0.25, 0.3) is 0 Å². The van der Waals surface area contributed by atoms with Gasteiger partial charge in [-0.15, -0.1) is 0 Å². The molecule has 0 N–H and O–H groups in total. The number of hydrogen-bond donors (Lipinski definition) is 0. The van der Waals surface area contributed by atoms with Crippen LogP contribution in [0.1, 0.15) is 53.0 Å². The first-order valence-corrected chi connectivity index (χ1v) is 6.74. The molecule has 0 aliphatic rings. The summed E-state index contributed by atoms with van der Waals surface area (Å²) in [4.78, 5) is 0. The third kappa shape index (κ3) is 3.39. The van der Waals surface area contributed by atoms with Gasteiger partial charge >= 0.3 is 0 Å². The van der Waals surface area contributed by atoms with Gasteiger partial charge in [0, 0.05) is 10.0 Å². The SMILES string of the molecule is CC(C)(C)C(c1c(Cl)cccc1Cl)C(C)(C)C. The van der Waals surface area contributed by atoms with Crippen molar-refractivity contribution in [1.82, 2.24) is 0 Å². The molecule has 0 nitrogen and oxygen atoms in total. The second kappa shape index (κ2) is 4.82. The van der Waals surface area contributed by atoms with Crippen LogP contribution >= 0.6 is 23.2 Å². The Morgan fingerprint density at radius 2 is 1.18 bits per heavy atom. The standard InChI is InChI=1S/C15H22Cl2/c1-14(2,3)13(15(4,5)6)12-10(16)8-7-9-11(12)17/h7-9,13H,1-6H3. The minimum atomic E-state index is 0.118. The van der Waals surface area contributed by atoms with E-state index < -0.39 is 0 Å². The monoisotopic (exact) mass is 272 g/mol. The molecular weight excluding hydrogens is 251 g/mol. The van der Waals surface area contributed by atoms with Gasteiger partial charge in [-0.2, -0.15) is 0 Å². The molecule has 1 rings (SSSR count). The summed E-state index contributed by atoms with van der Waals surface area (Å²) in [7, 11) is 0. The maximum Gasteiger partial charge on any atom is 0.0456 e. The molecular formula is C15H22Cl2. The van der Waals surface area contributed by atoms with E-state index in [1.807, 2.05) is 18.2 Å². The fraction of sp³-hybridized carbons (Fsp3) is 0.600. The third-order valence-electron chi connectivity index (χ3n) is 3.02. The highest BCUT2D eigenvalue weighted by atomic mass is 35.5. The Morgan fingerprint density at radius 1 is 0.824 bits per heavy atom. The van der Waals surface area contributed by atoms with Crippen LogP contribution in [0.2, 0.25) is 10.0 Å². The topological polar surface area (TPSA) is 0 Å². The molecule has 0 saturated carbocycles. The lowest BCUT2D eigenvalue weighted by molar-refractivity contribution is 0.176. The molecule has 0 aliphatic heterocycles. The molecule has 0 radical (unpaired) electrons. The first kappa shape index (κ1) is 14.9. The van der Waals surface area contributed by atoms with Crippen molar-refractivity contribution in [3.8, 4) is 0 Å². The molecule has 0 unspecified atom stereocenters. The zero-order valence-electron chi connectivity index (χ0n) is 11.6. The van der Waals surface area contributed by atoms with E-state index >= 15 is 0 Å². The van der Waals surface area contributed by atoms with E-state index in [1.54, 1.807) is 0 Å². The van der Waals surface area contributed by atoms with Gasteiger partial charge in [0.15, 0.2) is 0 Å². The summed E-state index contributed by atoms with van der Waals surface area (Å²) >= 11 is 12.7. The van der Waals surface area contributed by atoms with Gasteiger partial charge in [0.1, 0.15) is 0 Å². The molecule has 0 fully saturated rings. The predicted octanol–water partition coefficient (Wildman–Crippen LogP) is 6.17. The van der Waals surface area contributed by atoms with Gasteiger partial charge < -0.3 is 0 Å². The average Bonchev–Trinajstić information content (AvgIpc) is 2.06. The molecule has 0 aliphatic carbocycles. The van der Waals surface area contributed by atoms with Gasteiger partial charge in [-0.1, -0.05) is 70.8 Å². The van der Waals surface area contributed by atoms with Gasteiger partial charge in [-0.3, -0.25) is 0 Å². The van der Waals surface area contributed by atoms with Gasteiger partial charge in [-0.05, 0) is 34.4 Å². The normalized spacial score (nSPS) is 13.2. The maximum absolute atomic E-state index is 6.35. The molecule has 1 aromatic carbocycles. The minimum Gasteiger partial charge on any atom is -0.0840 e. The number of hydrogen-bond acceptors (Lipinski definition) is 0. The van der Waals surface area contributed by atoms with Crippen LogP contribution in [-0.4, -0.2) is 0 Å². The van der Waals surface area contributed by atoms with Gasteiger partial charge in [0.2, 0.25) is 0 Å². The van der Waals surface area contributed by atoms with Crippen LogP contribution in [0, 0.1) is 10.8 Å². The molecule has 0 atom stereocenters. The van der Waals surface area contributed by atoms with Gasteiger partial charge in [0.25, 0.3) is 0 Å². The van der Waals surface area contributed by atoms with Crippen molar-refractivity contribution in [1.29, 1.82) is 0 Å². The summed E-state index contributed by atoms with van der Waals surface area (Å²) < 4.78 is 0. The van der Waals surface area contributed by atoms with Gasteiger partial charge in [-0.25, -0.2) is 0 Å². The number of rotatable bonds is 1. The highest BCUT2D eigenvalue weighted by Gasteiger charge is 2.38. The maximum atomic E-state index is 6.35. The summed E-state index contributed by atoms with van der Waals surface area (Å²) in [5.41, 5.74) is 1.32. The van der Waals surface area contributed by atoms with Crippen molar-refractivity contribution in [2.45, 2.75) is 47.5 Å². The van der Waals surface area contributed by atoms with Crippen LogP contribution < -0.4 is 0 Å². The molecule has 0 bridgehead atoms. The van der Waals surface area contributed by atoms with Crippen molar-refractivity contribution in [2.75, 3.05) is 0 Å². The van der Waals surface area contributed by atoms with Crippen molar-refractivity contribution >= 4 is 23.2 Å². The summed E-state index contributed by atoms with van der Waals surface area (Å²) in [6.45, 7) is 13.4. The zero-order valence-corrected chi connectivity index (χ0v) is 13.1. The molecule has 2 heteroatoms. The van der Waals surface area contributed by atoms with Crippen LogP contribution in [0.4, 0.5) is 0 Å². The quantitative estimate of drug-likeness (QED) is 0.574. The average molecular weight is 273 g/mol. The first-order chi connectivity index (χ1) is 7.55. The van der Waals surface area contributed by atoms with E-state index in [2.05, 4.69) is 41.5 Å². The largest absolute Gasteiger partial charge is 0.0840 e. The molecule has 17 heavy (non-hydrogen) atoms. The molecule has 0 saturated heterocycles. The Hall–Kier alpha value is -0.200. The van der Waals surface area contributed by atoms with E-state index in [-0.39, 0.29) is 10.8 Å². The summed E-state index contributed by atoms with van der Waals surface area (Å²) in [5.74, 6) is 0.316. The van der Waals surface area contributed by atoms with Crippen molar-refractivity contribution in [3.63, 3.8) is 0 Å². The van der Waals surface area contributed by atoms with Crippen LogP contribution in [0.5, 0.6) is 0 Å². The third-order valence-corrected chi connectivity index (χ3v) is 3.68. The van der Waals surface area contributed by atoms with Gasteiger partial charge in [0.05, 0.1) is 0 Å². The van der Waals surface area contributed by atoms with Crippen LogP contribution in [0.3, 0.4) is 0 Å². The van der Waals surface area contributed by atoms with Crippen LogP contribution in [0.15, 0.2) is 18.2 Å². The molecule has 0 heterocycles. The van der Waals surface area contributed by atoms with E-state index in [1.165, 1.54) is 0 Å². The minimum absolute atomic E-state index is 0.118. The Kier molecular flexibility index (Phi) is 4.21. The lowest BCUT2D eigenvalue weighted by Gasteiger charge is -2.42. The molecule has 0 spiro atoms. The van der Waals surface area contributed by atoms with E-state index in [4.69, 9.17) is 23.2 Å². The highest BCUT2D eigenvalue weighted by molar-refractivity contribution is 6.36. The Labute approximate surface area is 115 Å². The number of benzene rings is 1. The van der Waals surface area contributed by atoms with Crippen molar-refractivity contribution in [3.05, 3.63) is 33.8 Å². The fourth-order valence-corrected chi connectivity index (χ4v) is 3.57. The molecule has 1 aromatic rings. The summed E-state index contributed by atoms with van der Waals surface area (Å²) in [6.07, 6.45) is 0. The lowest BCUT2D eigenvalue weighted by Crippen LogP contribution is -2.30. The van der Waals surface area contributed by atoms with E-state index in [9.17, 15) is 0 Å². The smallest absolute Gasteiger partial charge is 0.0456 e. The van der Waals surface area contributed by atoms with E-state index in [0.29, 0.717) is 5.92 Å². The number of halogens is 2.